The quantitative estimate of drug-likeness (QED) is 0.302. The molecule has 2 rings (SSSR count). The molecule has 1 fully saturated rings. The largest absolute Gasteiger partial charge is 0.444 e. The molecule has 1 amide bonds. The van der Waals surface area contributed by atoms with Crippen molar-refractivity contribution in [1.29, 1.82) is 0 Å². The van der Waals surface area contributed by atoms with Crippen molar-refractivity contribution in [2.24, 2.45) is 5.92 Å². The lowest BCUT2D eigenvalue weighted by molar-refractivity contribution is -0.204. The highest BCUT2D eigenvalue weighted by Crippen LogP contribution is 2.31. The number of halogens is 3. The zero-order valence-electron chi connectivity index (χ0n) is 23.4. The molecule has 0 radical (unpaired) electrons. The molecule has 218 valence electrons. The van der Waals surface area contributed by atoms with Crippen LogP contribution in [0.3, 0.4) is 0 Å². The molecular formula is C28H44F3NO6. The molecule has 0 aliphatic carbocycles. The molecule has 7 nitrogen and oxygen atoms in total. The molecule has 1 aromatic carbocycles. The number of aryl methyl sites for hydroxylation is 1. The van der Waals surface area contributed by atoms with Crippen LogP contribution in [0.15, 0.2) is 24.3 Å². The molecule has 1 aliphatic rings. The fraction of sp³-hybridized carbons (Fsp3) is 0.750. The predicted molar refractivity (Wildman–Crippen MR) is 138 cm³/mol. The summed E-state index contributed by atoms with van der Waals surface area (Å²) in [4.78, 5) is 14.3. The van der Waals surface area contributed by atoms with Crippen LogP contribution in [-0.4, -0.2) is 72.9 Å². The molecule has 0 spiro atoms. The topological polar surface area (TPSA) is 77.5 Å². The van der Waals surface area contributed by atoms with Gasteiger partial charge in [0, 0.05) is 20.1 Å². The van der Waals surface area contributed by atoms with Crippen LogP contribution in [0.1, 0.15) is 70.9 Å². The van der Waals surface area contributed by atoms with Gasteiger partial charge < -0.3 is 24.1 Å². The molecule has 0 bridgehead atoms. The van der Waals surface area contributed by atoms with Gasteiger partial charge in [0.1, 0.15) is 12.3 Å². The number of aliphatic hydroxyl groups excluding tert-OH is 1. The number of carbonyl (C=O) groups excluding carboxylic acids is 1. The Morgan fingerprint density at radius 3 is 2.39 bits per heavy atom. The second-order valence-electron chi connectivity index (χ2n) is 11.1. The van der Waals surface area contributed by atoms with Gasteiger partial charge in [0.05, 0.1) is 18.2 Å². The van der Waals surface area contributed by atoms with Gasteiger partial charge in [0.25, 0.3) is 0 Å². The first-order chi connectivity index (χ1) is 17.7. The standard InChI is InChI=1S/C28H44F3NO6/c1-19-11-13-21(14-12-19)17-22-9-7-10-23(32(18-35-6)26(34)38-27(3,4)5)25(33)37-20(2)24(22)36-16-8-15-28(29,30)31/h11-14,20,22-25,33H,7-10,15-18H2,1-6H3/t20-,22+,23-,24-,25?/m0/s1. The molecule has 1 unspecified atom stereocenters. The Hall–Kier alpha value is -1.88. The SMILES string of the molecule is COCN(C(=O)OC(C)(C)C)[C@H]1CCC[C@H](Cc2ccc(C)cc2)[C@@H](OCCCC(F)(F)F)[C@H](C)OC1O. The minimum Gasteiger partial charge on any atom is -0.444 e. The number of carbonyl (C=O) groups is 1. The molecule has 5 atom stereocenters. The van der Waals surface area contributed by atoms with Gasteiger partial charge in [0.2, 0.25) is 0 Å². The first-order valence-corrected chi connectivity index (χ1v) is 13.3. The summed E-state index contributed by atoms with van der Waals surface area (Å²) in [7, 11) is 1.45. The molecule has 1 heterocycles. The number of aliphatic hydroxyl groups is 1. The van der Waals surface area contributed by atoms with Gasteiger partial charge in [-0.2, -0.15) is 13.2 Å². The van der Waals surface area contributed by atoms with Gasteiger partial charge in [0.15, 0.2) is 6.29 Å². The molecule has 0 aromatic heterocycles. The molecule has 1 aromatic rings. The van der Waals surface area contributed by atoms with E-state index in [4.69, 9.17) is 18.9 Å². The van der Waals surface area contributed by atoms with Crippen LogP contribution in [0.25, 0.3) is 0 Å². The highest BCUT2D eigenvalue weighted by atomic mass is 19.4. The van der Waals surface area contributed by atoms with Gasteiger partial charge in [-0.05, 0) is 71.8 Å². The summed E-state index contributed by atoms with van der Waals surface area (Å²) in [5.74, 6) is -0.0676. The van der Waals surface area contributed by atoms with Crippen LogP contribution in [0.5, 0.6) is 0 Å². The highest BCUT2D eigenvalue weighted by molar-refractivity contribution is 5.68. The Labute approximate surface area is 224 Å². The van der Waals surface area contributed by atoms with Crippen molar-refractivity contribution < 1.29 is 42.0 Å². The smallest absolute Gasteiger partial charge is 0.412 e. The van der Waals surface area contributed by atoms with E-state index in [2.05, 4.69) is 0 Å². The number of hydrogen-bond acceptors (Lipinski definition) is 6. The van der Waals surface area contributed by atoms with Gasteiger partial charge in [-0.3, -0.25) is 4.90 Å². The second-order valence-corrected chi connectivity index (χ2v) is 11.1. The summed E-state index contributed by atoms with van der Waals surface area (Å²) >= 11 is 0. The van der Waals surface area contributed by atoms with Crippen molar-refractivity contribution in [3.8, 4) is 0 Å². The average Bonchev–Trinajstić information content (AvgIpc) is 2.84. The summed E-state index contributed by atoms with van der Waals surface area (Å²) in [6.45, 7) is 8.84. The van der Waals surface area contributed by atoms with E-state index in [0.717, 1.165) is 11.1 Å². The number of amides is 1. The molecule has 1 aliphatic heterocycles. The number of alkyl halides is 3. The third-order valence-corrected chi connectivity index (χ3v) is 6.52. The third kappa shape index (κ3) is 11.1. The van der Waals surface area contributed by atoms with E-state index in [-0.39, 0.29) is 25.7 Å². The summed E-state index contributed by atoms with van der Waals surface area (Å²) in [5, 5.41) is 11.1. The van der Waals surface area contributed by atoms with E-state index in [0.29, 0.717) is 25.7 Å². The fourth-order valence-corrected chi connectivity index (χ4v) is 4.73. The van der Waals surface area contributed by atoms with Gasteiger partial charge in [-0.25, -0.2) is 4.79 Å². The fourth-order valence-electron chi connectivity index (χ4n) is 4.73. The van der Waals surface area contributed by atoms with Crippen LogP contribution >= 0.6 is 0 Å². The lowest BCUT2D eigenvalue weighted by atomic mass is 9.86. The van der Waals surface area contributed by atoms with Crippen LogP contribution in [0.4, 0.5) is 18.0 Å². The Balaban J connectivity index is 2.26. The van der Waals surface area contributed by atoms with Crippen molar-refractivity contribution in [2.75, 3.05) is 20.4 Å². The molecule has 0 saturated carbocycles. The molecule has 10 heteroatoms. The lowest BCUT2D eigenvalue weighted by Crippen LogP contribution is -2.51. The Morgan fingerprint density at radius 1 is 1.16 bits per heavy atom. The summed E-state index contributed by atoms with van der Waals surface area (Å²) in [5.41, 5.74) is 1.48. The zero-order valence-corrected chi connectivity index (χ0v) is 23.4. The minimum atomic E-state index is -4.25. The third-order valence-electron chi connectivity index (χ3n) is 6.52. The summed E-state index contributed by atoms with van der Waals surface area (Å²) in [6.07, 6.45) is -6.16. The van der Waals surface area contributed by atoms with Crippen LogP contribution < -0.4 is 0 Å². The second kappa shape index (κ2) is 14.5. The maximum Gasteiger partial charge on any atom is 0.412 e. The number of methoxy groups -OCH3 is 1. The van der Waals surface area contributed by atoms with Crippen molar-refractivity contribution >= 4 is 6.09 Å². The van der Waals surface area contributed by atoms with E-state index in [1.807, 2.05) is 31.2 Å². The predicted octanol–water partition coefficient (Wildman–Crippen LogP) is 6.00. The number of rotatable bonds is 9. The molecule has 38 heavy (non-hydrogen) atoms. The number of ether oxygens (including phenoxy) is 4. The van der Waals surface area contributed by atoms with E-state index in [1.165, 1.54) is 12.0 Å². The number of hydrogen-bond donors (Lipinski definition) is 1. The Bertz CT molecular complexity index is 842. The van der Waals surface area contributed by atoms with Crippen molar-refractivity contribution in [2.45, 2.75) is 109 Å². The molecule has 1 N–H and O–H groups in total. The maximum atomic E-state index is 13.0. The number of nitrogens with zero attached hydrogens (tertiary/aromatic N) is 1. The minimum absolute atomic E-state index is 0.0676. The van der Waals surface area contributed by atoms with E-state index in [1.54, 1.807) is 27.7 Å². The van der Waals surface area contributed by atoms with Crippen LogP contribution in [0.2, 0.25) is 0 Å². The van der Waals surface area contributed by atoms with Gasteiger partial charge in [-0.15, -0.1) is 0 Å². The van der Waals surface area contributed by atoms with Crippen molar-refractivity contribution in [1.82, 2.24) is 4.90 Å². The van der Waals surface area contributed by atoms with E-state index in [9.17, 15) is 23.1 Å². The normalized spacial score (nSPS) is 25.3. The Kier molecular flexibility index (Phi) is 12.3. The lowest BCUT2D eigenvalue weighted by Gasteiger charge is -2.36. The summed E-state index contributed by atoms with van der Waals surface area (Å²) < 4.78 is 60.9. The van der Waals surface area contributed by atoms with Crippen LogP contribution in [0, 0.1) is 12.8 Å². The molecular weight excluding hydrogens is 503 g/mol. The monoisotopic (exact) mass is 547 g/mol. The van der Waals surface area contributed by atoms with E-state index < -0.39 is 48.8 Å². The first kappa shape index (κ1) is 32.3. The van der Waals surface area contributed by atoms with Crippen LogP contribution in [-0.2, 0) is 25.4 Å². The van der Waals surface area contributed by atoms with Crippen molar-refractivity contribution in [3.63, 3.8) is 0 Å². The first-order valence-electron chi connectivity index (χ1n) is 13.3. The molecule has 1 saturated heterocycles. The van der Waals surface area contributed by atoms with E-state index >= 15 is 0 Å². The Morgan fingerprint density at radius 2 is 1.82 bits per heavy atom. The average molecular weight is 548 g/mol. The maximum absolute atomic E-state index is 13.0. The highest BCUT2D eigenvalue weighted by Gasteiger charge is 2.39. The van der Waals surface area contributed by atoms with Gasteiger partial charge >= 0.3 is 12.3 Å². The summed E-state index contributed by atoms with van der Waals surface area (Å²) in [6, 6.07) is 7.37. The van der Waals surface area contributed by atoms with Crippen molar-refractivity contribution in [3.05, 3.63) is 35.4 Å². The van der Waals surface area contributed by atoms with Gasteiger partial charge in [-0.1, -0.05) is 36.2 Å². The zero-order chi connectivity index (χ0) is 28.5. The number of benzene rings is 1.